The molecular formula is C16H23F3N2. The standard InChI is InChI=1S/C16H23F3N2/c1-2-9-21-10-4-7-14(8-11-21)20-15-6-3-5-13(12-15)16(17,18)19/h3,5-6,12,14,20H,2,4,7-11H2,1H3. The van der Waals surface area contributed by atoms with Crippen molar-refractivity contribution in [3.63, 3.8) is 0 Å². The molecule has 0 aromatic heterocycles. The zero-order chi connectivity index (χ0) is 15.3. The molecule has 1 N–H and O–H groups in total. The smallest absolute Gasteiger partial charge is 0.382 e. The lowest BCUT2D eigenvalue weighted by Crippen LogP contribution is -2.27. The van der Waals surface area contributed by atoms with E-state index in [2.05, 4.69) is 17.1 Å². The van der Waals surface area contributed by atoms with Crippen molar-refractivity contribution in [3.05, 3.63) is 29.8 Å². The number of benzene rings is 1. The summed E-state index contributed by atoms with van der Waals surface area (Å²) in [5.74, 6) is 0. The highest BCUT2D eigenvalue weighted by Gasteiger charge is 2.30. The van der Waals surface area contributed by atoms with Crippen LogP contribution in [-0.2, 0) is 6.18 Å². The first-order valence-electron chi connectivity index (χ1n) is 7.65. The van der Waals surface area contributed by atoms with Crippen molar-refractivity contribution in [1.29, 1.82) is 0 Å². The van der Waals surface area contributed by atoms with Crippen LogP contribution in [0.1, 0.15) is 38.2 Å². The molecule has 0 spiro atoms. The van der Waals surface area contributed by atoms with E-state index in [4.69, 9.17) is 0 Å². The number of rotatable bonds is 4. The van der Waals surface area contributed by atoms with Crippen molar-refractivity contribution in [2.24, 2.45) is 0 Å². The first-order valence-corrected chi connectivity index (χ1v) is 7.65. The average Bonchev–Trinajstić information content (AvgIpc) is 2.64. The van der Waals surface area contributed by atoms with E-state index in [0.717, 1.165) is 51.4 Å². The van der Waals surface area contributed by atoms with Crippen molar-refractivity contribution in [2.45, 2.75) is 44.8 Å². The van der Waals surface area contributed by atoms with Crippen LogP contribution in [0.4, 0.5) is 18.9 Å². The molecule has 2 rings (SSSR count). The van der Waals surface area contributed by atoms with Gasteiger partial charge in [-0.2, -0.15) is 13.2 Å². The Bertz CT molecular complexity index is 445. The summed E-state index contributed by atoms with van der Waals surface area (Å²) in [6, 6.07) is 5.75. The van der Waals surface area contributed by atoms with Crippen LogP contribution in [0.2, 0.25) is 0 Å². The molecule has 1 aliphatic rings. The van der Waals surface area contributed by atoms with Gasteiger partial charge in [0.05, 0.1) is 5.56 Å². The van der Waals surface area contributed by atoms with Crippen LogP contribution in [0.25, 0.3) is 0 Å². The number of hydrogen-bond acceptors (Lipinski definition) is 2. The maximum absolute atomic E-state index is 12.7. The number of likely N-dealkylation sites (tertiary alicyclic amines) is 1. The summed E-state index contributed by atoms with van der Waals surface area (Å²) >= 11 is 0. The quantitative estimate of drug-likeness (QED) is 0.887. The van der Waals surface area contributed by atoms with E-state index in [-0.39, 0.29) is 6.04 Å². The second-order valence-corrected chi connectivity index (χ2v) is 5.69. The van der Waals surface area contributed by atoms with Gasteiger partial charge >= 0.3 is 6.18 Å². The van der Waals surface area contributed by atoms with Gasteiger partial charge in [0.2, 0.25) is 0 Å². The van der Waals surface area contributed by atoms with Crippen LogP contribution in [0.15, 0.2) is 24.3 Å². The molecule has 1 fully saturated rings. The lowest BCUT2D eigenvalue weighted by molar-refractivity contribution is -0.137. The maximum atomic E-state index is 12.7. The van der Waals surface area contributed by atoms with Gasteiger partial charge in [0, 0.05) is 18.3 Å². The molecule has 2 nitrogen and oxygen atoms in total. The highest BCUT2D eigenvalue weighted by molar-refractivity contribution is 5.47. The summed E-state index contributed by atoms with van der Waals surface area (Å²) in [7, 11) is 0. The van der Waals surface area contributed by atoms with Crippen molar-refractivity contribution < 1.29 is 13.2 Å². The number of nitrogens with one attached hydrogen (secondary N) is 1. The Morgan fingerprint density at radius 1 is 1.24 bits per heavy atom. The molecule has 1 saturated heterocycles. The van der Waals surface area contributed by atoms with Crippen LogP contribution in [0.3, 0.4) is 0 Å². The van der Waals surface area contributed by atoms with Crippen LogP contribution in [0.5, 0.6) is 0 Å². The molecule has 1 unspecified atom stereocenters. The minimum Gasteiger partial charge on any atom is -0.382 e. The van der Waals surface area contributed by atoms with E-state index in [1.807, 2.05) is 0 Å². The molecule has 0 bridgehead atoms. The third kappa shape index (κ3) is 4.92. The minimum absolute atomic E-state index is 0.260. The lowest BCUT2D eigenvalue weighted by atomic mass is 10.1. The second kappa shape index (κ2) is 7.16. The van der Waals surface area contributed by atoms with E-state index in [1.54, 1.807) is 6.07 Å². The fourth-order valence-corrected chi connectivity index (χ4v) is 2.86. The lowest BCUT2D eigenvalue weighted by Gasteiger charge is -2.20. The first-order chi connectivity index (χ1) is 9.99. The van der Waals surface area contributed by atoms with Gasteiger partial charge in [0.1, 0.15) is 0 Å². The summed E-state index contributed by atoms with van der Waals surface area (Å²) in [4.78, 5) is 2.44. The van der Waals surface area contributed by atoms with Gasteiger partial charge in [-0.25, -0.2) is 0 Å². The van der Waals surface area contributed by atoms with Crippen molar-refractivity contribution in [3.8, 4) is 0 Å². The fraction of sp³-hybridized carbons (Fsp3) is 0.625. The van der Waals surface area contributed by atoms with Crippen LogP contribution < -0.4 is 5.32 Å². The van der Waals surface area contributed by atoms with Gasteiger partial charge in [-0.1, -0.05) is 13.0 Å². The number of alkyl halides is 3. The summed E-state index contributed by atoms with van der Waals surface area (Å²) in [6.45, 7) is 5.39. The third-order valence-corrected chi connectivity index (χ3v) is 3.92. The van der Waals surface area contributed by atoms with E-state index >= 15 is 0 Å². The van der Waals surface area contributed by atoms with Gasteiger partial charge < -0.3 is 10.2 Å². The molecule has 1 aliphatic heterocycles. The molecule has 0 amide bonds. The predicted molar refractivity (Wildman–Crippen MR) is 79.4 cm³/mol. The Morgan fingerprint density at radius 2 is 2.05 bits per heavy atom. The van der Waals surface area contributed by atoms with E-state index < -0.39 is 11.7 Å². The molecule has 118 valence electrons. The Balaban J connectivity index is 1.95. The molecule has 0 aliphatic carbocycles. The number of hydrogen-bond donors (Lipinski definition) is 1. The molecule has 1 aromatic rings. The SMILES string of the molecule is CCCN1CCCC(Nc2cccc(C(F)(F)F)c2)CC1. The molecule has 5 heteroatoms. The molecule has 21 heavy (non-hydrogen) atoms. The Kier molecular flexibility index (Phi) is 5.51. The molecule has 1 atom stereocenters. The van der Waals surface area contributed by atoms with Crippen molar-refractivity contribution in [2.75, 3.05) is 25.0 Å². The Hall–Kier alpha value is -1.23. The van der Waals surface area contributed by atoms with Gasteiger partial charge in [0.15, 0.2) is 0 Å². The predicted octanol–water partition coefficient (Wildman–Crippen LogP) is 4.38. The zero-order valence-electron chi connectivity index (χ0n) is 12.4. The minimum atomic E-state index is -4.28. The molecular weight excluding hydrogens is 277 g/mol. The Morgan fingerprint density at radius 3 is 2.76 bits per heavy atom. The van der Waals surface area contributed by atoms with E-state index in [0.29, 0.717) is 5.69 Å². The second-order valence-electron chi connectivity index (χ2n) is 5.69. The van der Waals surface area contributed by atoms with Crippen LogP contribution in [0, 0.1) is 0 Å². The normalized spacial score (nSPS) is 21.0. The van der Waals surface area contributed by atoms with Gasteiger partial charge in [-0.3, -0.25) is 0 Å². The molecule has 0 saturated carbocycles. The van der Waals surface area contributed by atoms with Gasteiger partial charge in [-0.15, -0.1) is 0 Å². The summed E-state index contributed by atoms with van der Waals surface area (Å²) in [6.07, 6.45) is -0.0475. The molecule has 1 aromatic carbocycles. The van der Waals surface area contributed by atoms with Gasteiger partial charge in [-0.05, 0) is 57.0 Å². The average molecular weight is 300 g/mol. The van der Waals surface area contributed by atoms with Crippen LogP contribution in [-0.4, -0.2) is 30.6 Å². The molecule has 1 heterocycles. The number of halogens is 3. The Labute approximate surface area is 124 Å². The number of nitrogens with zero attached hydrogens (tertiary/aromatic N) is 1. The zero-order valence-corrected chi connectivity index (χ0v) is 12.4. The van der Waals surface area contributed by atoms with Crippen LogP contribution >= 0.6 is 0 Å². The third-order valence-electron chi connectivity index (χ3n) is 3.92. The highest BCUT2D eigenvalue weighted by Crippen LogP contribution is 2.31. The van der Waals surface area contributed by atoms with E-state index in [1.165, 1.54) is 12.1 Å². The first kappa shape index (κ1) is 16.1. The monoisotopic (exact) mass is 300 g/mol. The van der Waals surface area contributed by atoms with Crippen molar-refractivity contribution in [1.82, 2.24) is 4.90 Å². The molecule has 0 radical (unpaired) electrons. The number of anilines is 1. The van der Waals surface area contributed by atoms with Gasteiger partial charge in [0.25, 0.3) is 0 Å². The summed E-state index contributed by atoms with van der Waals surface area (Å²) in [5, 5.41) is 3.27. The maximum Gasteiger partial charge on any atom is 0.416 e. The summed E-state index contributed by atoms with van der Waals surface area (Å²) < 4.78 is 38.1. The topological polar surface area (TPSA) is 15.3 Å². The van der Waals surface area contributed by atoms with E-state index in [9.17, 15) is 13.2 Å². The fourth-order valence-electron chi connectivity index (χ4n) is 2.86. The largest absolute Gasteiger partial charge is 0.416 e. The highest BCUT2D eigenvalue weighted by atomic mass is 19.4. The summed E-state index contributed by atoms with van der Waals surface area (Å²) in [5.41, 5.74) is -0.0208. The van der Waals surface area contributed by atoms with Crippen molar-refractivity contribution >= 4 is 5.69 Å².